The Morgan fingerprint density at radius 1 is 1.60 bits per heavy atom. The molecule has 0 aliphatic carbocycles. The number of carbonyl (C=O) groups excluding carboxylic acids is 2. The molecule has 1 heterocycles. The molecule has 5 nitrogen and oxygen atoms in total. The Morgan fingerprint density at radius 3 is 2.73 bits per heavy atom. The van der Waals surface area contributed by atoms with Crippen LogP contribution in [0.3, 0.4) is 0 Å². The fraction of sp³-hybridized carbons (Fsp3) is 0.444. The lowest BCUT2D eigenvalue weighted by Crippen LogP contribution is -2.38. The summed E-state index contributed by atoms with van der Waals surface area (Å²) in [5.74, 6) is -0.775. The fourth-order valence-electron chi connectivity index (χ4n) is 0.970. The van der Waals surface area contributed by atoms with Crippen LogP contribution in [0.15, 0.2) is 6.20 Å². The van der Waals surface area contributed by atoms with Crippen molar-refractivity contribution >= 4 is 23.2 Å². The standard InChI is InChI=1S/C9H12N2O3S/c1-5(9(13)14-3)11-8(12)7-4-10-6(2)15-7/h4-5H,1-3H3,(H,11,12). The average molecular weight is 228 g/mol. The summed E-state index contributed by atoms with van der Waals surface area (Å²) in [4.78, 5) is 27.0. The van der Waals surface area contributed by atoms with Crippen molar-refractivity contribution in [2.45, 2.75) is 19.9 Å². The number of rotatable bonds is 3. The van der Waals surface area contributed by atoms with Crippen LogP contribution in [0.1, 0.15) is 21.6 Å². The average Bonchev–Trinajstić information content (AvgIpc) is 2.63. The Hall–Kier alpha value is -1.43. The van der Waals surface area contributed by atoms with E-state index in [4.69, 9.17) is 0 Å². The number of hydrogen-bond donors (Lipinski definition) is 1. The number of methoxy groups -OCH3 is 1. The van der Waals surface area contributed by atoms with Crippen molar-refractivity contribution in [3.63, 3.8) is 0 Å². The minimum atomic E-state index is -0.648. The summed E-state index contributed by atoms with van der Waals surface area (Å²) in [5, 5.41) is 3.33. The molecule has 1 atom stereocenters. The van der Waals surface area contributed by atoms with Gasteiger partial charge >= 0.3 is 5.97 Å². The molecule has 15 heavy (non-hydrogen) atoms. The van der Waals surface area contributed by atoms with Gasteiger partial charge in [0.2, 0.25) is 0 Å². The maximum atomic E-state index is 11.5. The summed E-state index contributed by atoms with van der Waals surface area (Å²) in [6.45, 7) is 3.38. The molecule has 82 valence electrons. The highest BCUT2D eigenvalue weighted by Crippen LogP contribution is 2.11. The number of hydrogen-bond acceptors (Lipinski definition) is 5. The van der Waals surface area contributed by atoms with Gasteiger partial charge in [-0.05, 0) is 13.8 Å². The lowest BCUT2D eigenvalue weighted by molar-refractivity contribution is -0.142. The van der Waals surface area contributed by atoms with Gasteiger partial charge in [0.1, 0.15) is 10.9 Å². The number of aryl methyl sites for hydroxylation is 1. The lowest BCUT2D eigenvalue weighted by Gasteiger charge is -2.09. The van der Waals surface area contributed by atoms with E-state index in [0.717, 1.165) is 5.01 Å². The van der Waals surface area contributed by atoms with E-state index in [1.807, 2.05) is 6.92 Å². The second-order valence-electron chi connectivity index (χ2n) is 2.96. The number of thiazole rings is 1. The molecule has 0 saturated heterocycles. The zero-order valence-electron chi connectivity index (χ0n) is 8.73. The van der Waals surface area contributed by atoms with Crippen LogP contribution in [-0.4, -0.2) is 30.0 Å². The van der Waals surface area contributed by atoms with Crippen LogP contribution in [0.25, 0.3) is 0 Å². The largest absolute Gasteiger partial charge is 0.467 e. The van der Waals surface area contributed by atoms with Gasteiger partial charge in [0.15, 0.2) is 0 Å². The van der Waals surface area contributed by atoms with Crippen LogP contribution >= 0.6 is 11.3 Å². The number of ether oxygens (including phenoxy) is 1. The van der Waals surface area contributed by atoms with E-state index in [0.29, 0.717) is 4.88 Å². The van der Waals surface area contributed by atoms with Gasteiger partial charge in [-0.3, -0.25) is 4.79 Å². The highest BCUT2D eigenvalue weighted by Gasteiger charge is 2.17. The molecule has 1 aromatic heterocycles. The molecule has 1 amide bonds. The van der Waals surface area contributed by atoms with Gasteiger partial charge in [0.25, 0.3) is 5.91 Å². The lowest BCUT2D eigenvalue weighted by atomic mass is 10.3. The Bertz CT molecular complexity index is 375. The number of aromatic nitrogens is 1. The van der Waals surface area contributed by atoms with Gasteiger partial charge in [-0.25, -0.2) is 9.78 Å². The molecule has 1 N–H and O–H groups in total. The molecular formula is C9H12N2O3S. The zero-order chi connectivity index (χ0) is 11.4. The first-order valence-corrected chi connectivity index (χ1v) is 5.17. The van der Waals surface area contributed by atoms with Crippen molar-refractivity contribution in [2.75, 3.05) is 7.11 Å². The topological polar surface area (TPSA) is 68.3 Å². The predicted molar refractivity (Wildman–Crippen MR) is 55.8 cm³/mol. The van der Waals surface area contributed by atoms with Crippen LogP contribution in [0.4, 0.5) is 0 Å². The van der Waals surface area contributed by atoms with Crippen LogP contribution in [0, 0.1) is 6.92 Å². The molecule has 0 fully saturated rings. The van der Waals surface area contributed by atoms with E-state index in [1.54, 1.807) is 6.92 Å². The minimum absolute atomic E-state index is 0.307. The molecule has 1 unspecified atom stereocenters. The second kappa shape index (κ2) is 4.88. The Morgan fingerprint density at radius 2 is 2.27 bits per heavy atom. The van der Waals surface area contributed by atoms with Gasteiger partial charge in [-0.1, -0.05) is 0 Å². The van der Waals surface area contributed by atoms with E-state index in [-0.39, 0.29) is 5.91 Å². The molecule has 0 aromatic carbocycles. The van der Waals surface area contributed by atoms with Gasteiger partial charge in [0.05, 0.1) is 18.3 Å². The van der Waals surface area contributed by atoms with Gasteiger partial charge in [0, 0.05) is 0 Å². The number of amides is 1. The summed E-state index contributed by atoms with van der Waals surface area (Å²) >= 11 is 1.28. The molecule has 0 spiro atoms. The summed E-state index contributed by atoms with van der Waals surface area (Å²) in [6, 6.07) is -0.648. The van der Waals surface area contributed by atoms with Gasteiger partial charge in [-0.2, -0.15) is 0 Å². The molecular weight excluding hydrogens is 216 g/mol. The van der Waals surface area contributed by atoms with Crippen LogP contribution < -0.4 is 5.32 Å². The monoisotopic (exact) mass is 228 g/mol. The summed E-state index contributed by atoms with van der Waals surface area (Å²) in [6.07, 6.45) is 1.49. The highest BCUT2D eigenvalue weighted by molar-refractivity contribution is 7.13. The first-order valence-electron chi connectivity index (χ1n) is 4.35. The van der Waals surface area contributed by atoms with Crippen molar-refractivity contribution < 1.29 is 14.3 Å². The molecule has 1 aromatic rings. The number of nitrogens with zero attached hydrogens (tertiary/aromatic N) is 1. The maximum absolute atomic E-state index is 11.5. The van der Waals surface area contributed by atoms with E-state index >= 15 is 0 Å². The van der Waals surface area contributed by atoms with Gasteiger partial charge < -0.3 is 10.1 Å². The first-order chi connectivity index (χ1) is 7.04. The van der Waals surface area contributed by atoms with E-state index in [1.165, 1.54) is 24.6 Å². The Kier molecular flexibility index (Phi) is 3.79. The highest BCUT2D eigenvalue weighted by atomic mass is 32.1. The molecule has 1 rings (SSSR count). The van der Waals surface area contributed by atoms with Crippen LogP contribution in [-0.2, 0) is 9.53 Å². The van der Waals surface area contributed by atoms with Crippen molar-refractivity contribution in [1.29, 1.82) is 0 Å². The molecule has 6 heteroatoms. The van der Waals surface area contributed by atoms with E-state index < -0.39 is 12.0 Å². The molecule has 0 radical (unpaired) electrons. The maximum Gasteiger partial charge on any atom is 0.328 e. The molecule has 0 bridgehead atoms. The molecule has 0 aliphatic heterocycles. The third kappa shape index (κ3) is 3.02. The minimum Gasteiger partial charge on any atom is -0.467 e. The third-order valence-corrected chi connectivity index (χ3v) is 2.66. The smallest absolute Gasteiger partial charge is 0.328 e. The fourth-order valence-corrected chi connectivity index (χ4v) is 1.65. The van der Waals surface area contributed by atoms with Crippen LogP contribution in [0.2, 0.25) is 0 Å². The van der Waals surface area contributed by atoms with Crippen molar-refractivity contribution in [1.82, 2.24) is 10.3 Å². The summed E-state index contributed by atoms with van der Waals surface area (Å²) < 4.78 is 4.49. The van der Waals surface area contributed by atoms with Crippen molar-refractivity contribution in [2.24, 2.45) is 0 Å². The normalized spacial score (nSPS) is 11.9. The van der Waals surface area contributed by atoms with Gasteiger partial charge in [-0.15, -0.1) is 11.3 Å². The Balaban J connectivity index is 2.60. The zero-order valence-corrected chi connectivity index (χ0v) is 9.55. The molecule has 0 saturated carbocycles. The van der Waals surface area contributed by atoms with E-state index in [9.17, 15) is 9.59 Å². The first kappa shape index (κ1) is 11.6. The Labute approximate surface area is 91.5 Å². The number of carbonyl (C=O) groups is 2. The molecule has 0 aliphatic rings. The third-order valence-electron chi connectivity index (χ3n) is 1.75. The quantitative estimate of drug-likeness (QED) is 0.775. The number of nitrogens with one attached hydrogen (secondary N) is 1. The van der Waals surface area contributed by atoms with Crippen LogP contribution in [0.5, 0.6) is 0 Å². The number of esters is 1. The predicted octanol–water partition coefficient (Wildman–Crippen LogP) is 0.743. The summed E-state index contributed by atoms with van der Waals surface area (Å²) in [7, 11) is 1.28. The van der Waals surface area contributed by atoms with Crippen molar-refractivity contribution in [3.8, 4) is 0 Å². The van der Waals surface area contributed by atoms with Crippen molar-refractivity contribution in [3.05, 3.63) is 16.1 Å². The second-order valence-corrected chi connectivity index (χ2v) is 4.20. The SMILES string of the molecule is COC(=O)C(C)NC(=O)c1cnc(C)s1. The van der Waals surface area contributed by atoms with E-state index in [2.05, 4.69) is 15.0 Å². The summed E-state index contributed by atoms with van der Waals surface area (Å²) in [5.41, 5.74) is 0.